The van der Waals surface area contributed by atoms with Gasteiger partial charge in [-0.2, -0.15) is 0 Å². The zero-order valence-corrected chi connectivity index (χ0v) is 18.3. The van der Waals surface area contributed by atoms with Gasteiger partial charge in [-0.1, -0.05) is 29.8 Å². The minimum atomic E-state index is -0.297. The highest BCUT2D eigenvalue weighted by Gasteiger charge is 2.42. The molecule has 2 fully saturated rings. The molecule has 1 saturated heterocycles. The van der Waals surface area contributed by atoms with Crippen molar-refractivity contribution in [2.75, 3.05) is 33.2 Å². The molecular weight excluding hydrogens is 417 g/mol. The van der Waals surface area contributed by atoms with Crippen LogP contribution in [0.3, 0.4) is 0 Å². The highest BCUT2D eigenvalue weighted by molar-refractivity contribution is 6.30. The zero-order chi connectivity index (χ0) is 22.0. The Morgan fingerprint density at radius 3 is 2.42 bits per heavy atom. The van der Waals surface area contributed by atoms with Crippen molar-refractivity contribution < 1.29 is 14.0 Å². The molecule has 0 unspecified atom stereocenters. The summed E-state index contributed by atoms with van der Waals surface area (Å²) in [6, 6.07) is 13.1. The van der Waals surface area contributed by atoms with Crippen molar-refractivity contribution >= 4 is 23.4 Å². The molecule has 2 amide bonds. The smallest absolute Gasteiger partial charge is 0.251 e. The normalized spacial score (nSPS) is 24.2. The van der Waals surface area contributed by atoms with Crippen molar-refractivity contribution in [1.82, 2.24) is 15.1 Å². The Labute approximate surface area is 187 Å². The van der Waals surface area contributed by atoms with Crippen LogP contribution in [0.4, 0.5) is 4.39 Å². The van der Waals surface area contributed by atoms with Crippen molar-refractivity contribution in [3.8, 4) is 0 Å². The van der Waals surface area contributed by atoms with Gasteiger partial charge in [0.25, 0.3) is 5.91 Å². The number of halogens is 2. The topological polar surface area (TPSA) is 52.6 Å². The number of nitrogens with zero attached hydrogens (tertiary/aromatic N) is 2. The quantitative estimate of drug-likeness (QED) is 0.786. The number of carbonyl (C=O) groups excluding carboxylic acids is 2. The number of hydrogen-bond donors (Lipinski definition) is 1. The van der Waals surface area contributed by atoms with Crippen LogP contribution in [0, 0.1) is 11.7 Å². The lowest BCUT2D eigenvalue weighted by Gasteiger charge is -2.35. The van der Waals surface area contributed by atoms with Gasteiger partial charge < -0.3 is 15.1 Å². The number of nitrogens with one attached hydrogen (secondary N) is 1. The van der Waals surface area contributed by atoms with Gasteiger partial charge in [-0.15, -0.1) is 0 Å². The molecule has 2 aromatic rings. The Morgan fingerprint density at radius 2 is 1.74 bits per heavy atom. The molecule has 1 saturated carbocycles. The lowest BCUT2D eigenvalue weighted by molar-refractivity contribution is -0.137. The van der Waals surface area contributed by atoms with Crippen molar-refractivity contribution in [2.24, 2.45) is 5.92 Å². The van der Waals surface area contributed by atoms with Crippen LogP contribution in [0.25, 0.3) is 0 Å². The molecule has 2 aliphatic rings. The van der Waals surface area contributed by atoms with E-state index in [0.717, 1.165) is 18.7 Å². The molecule has 0 bridgehead atoms. The van der Waals surface area contributed by atoms with Crippen LogP contribution in [0.2, 0.25) is 5.02 Å². The van der Waals surface area contributed by atoms with Crippen LogP contribution in [0.5, 0.6) is 0 Å². The standard InChI is InChI=1S/C24H27ClFN3O2/c1-28-9-11-29(12-10-28)24(31)22-15-20(14-21(22)16-5-7-19(26)8-6-16)27-23(30)17-3-2-4-18(25)13-17/h2-8,13,20-22H,9-12,14-15H2,1H3,(H,27,30)/t20-,21+,22-/m0/s1. The summed E-state index contributed by atoms with van der Waals surface area (Å²) in [6.45, 7) is 3.13. The fraction of sp³-hybridized carbons (Fsp3) is 0.417. The van der Waals surface area contributed by atoms with E-state index in [1.807, 2.05) is 4.90 Å². The third-order valence-corrected chi connectivity index (χ3v) is 6.65. The van der Waals surface area contributed by atoms with E-state index >= 15 is 0 Å². The molecule has 0 radical (unpaired) electrons. The molecule has 1 aliphatic heterocycles. The third-order valence-electron chi connectivity index (χ3n) is 6.41. The highest BCUT2D eigenvalue weighted by Crippen LogP contribution is 2.41. The first-order valence-electron chi connectivity index (χ1n) is 10.7. The van der Waals surface area contributed by atoms with Crippen molar-refractivity contribution in [3.05, 3.63) is 70.5 Å². The van der Waals surface area contributed by atoms with Crippen molar-refractivity contribution in [2.45, 2.75) is 24.8 Å². The van der Waals surface area contributed by atoms with E-state index in [2.05, 4.69) is 17.3 Å². The molecule has 31 heavy (non-hydrogen) atoms. The predicted molar refractivity (Wildman–Crippen MR) is 119 cm³/mol. The molecule has 0 aromatic heterocycles. The number of benzene rings is 2. The molecule has 2 aromatic carbocycles. The van der Waals surface area contributed by atoms with Gasteiger partial charge in [-0.05, 0) is 61.7 Å². The Bertz CT molecular complexity index is 944. The van der Waals surface area contributed by atoms with E-state index in [4.69, 9.17) is 11.6 Å². The van der Waals surface area contributed by atoms with Crippen LogP contribution >= 0.6 is 11.6 Å². The van der Waals surface area contributed by atoms with Gasteiger partial charge in [0.2, 0.25) is 5.91 Å². The number of amides is 2. The molecule has 1 N–H and O–H groups in total. The summed E-state index contributed by atoms with van der Waals surface area (Å²) in [5.74, 6) is -0.662. The Morgan fingerprint density at radius 1 is 1.03 bits per heavy atom. The van der Waals surface area contributed by atoms with Crippen LogP contribution in [-0.4, -0.2) is 60.9 Å². The molecule has 0 spiro atoms. The van der Waals surface area contributed by atoms with Gasteiger partial charge >= 0.3 is 0 Å². The maximum atomic E-state index is 13.5. The fourth-order valence-electron chi connectivity index (χ4n) is 4.67. The summed E-state index contributed by atoms with van der Waals surface area (Å²) in [5.41, 5.74) is 1.44. The van der Waals surface area contributed by atoms with E-state index in [0.29, 0.717) is 36.5 Å². The Balaban J connectivity index is 1.52. The van der Waals surface area contributed by atoms with Crippen LogP contribution in [0.1, 0.15) is 34.7 Å². The first-order chi connectivity index (χ1) is 14.9. The largest absolute Gasteiger partial charge is 0.349 e. The van der Waals surface area contributed by atoms with Gasteiger partial charge in [0.05, 0.1) is 0 Å². The molecule has 164 valence electrons. The highest BCUT2D eigenvalue weighted by atomic mass is 35.5. The number of piperazine rings is 1. The predicted octanol–water partition coefficient (Wildman–Crippen LogP) is 3.55. The number of hydrogen-bond acceptors (Lipinski definition) is 3. The molecule has 4 rings (SSSR count). The molecule has 1 aliphatic carbocycles. The summed E-state index contributed by atoms with van der Waals surface area (Å²) >= 11 is 6.02. The molecule has 3 atom stereocenters. The van der Waals surface area contributed by atoms with Gasteiger partial charge in [0.15, 0.2) is 0 Å². The SMILES string of the molecule is CN1CCN(C(=O)[C@H]2C[C@@H](NC(=O)c3cccc(Cl)c3)C[C@@H]2c2ccc(F)cc2)CC1. The van der Waals surface area contributed by atoms with E-state index in [1.54, 1.807) is 36.4 Å². The Kier molecular flexibility index (Phi) is 6.58. The van der Waals surface area contributed by atoms with E-state index in [-0.39, 0.29) is 35.5 Å². The van der Waals surface area contributed by atoms with Gasteiger partial charge in [-0.25, -0.2) is 4.39 Å². The lowest BCUT2D eigenvalue weighted by atomic mass is 9.87. The van der Waals surface area contributed by atoms with Crippen molar-refractivity contribution in [3.63, 3.8) is 0 Å². The number of carbonyl (C=O) groups is 2. The lowest BCUT2D eigenvalue weighted by Crippen LogP contribution is -2.49. The summed E-state index contributed by atoms with van der Waals surface area (Å²) < 4.78 is 13.5. The summed E-state index contributed by atoms with van der Waals surface area (Å²) in [4.78, 5) is 30.3. The van der Waals surface area contributed by atoms with E-state index in [1.165, 1.54) is 12.1 Å². The van der Waals surface area contributed by atoms with Crippen molar-refractivity contribution in [1.29, 1.82) is 0 Å². The number of rotatable bonds is 4. The first kappa shape index (κ1) is 21.8. The minimum absolute atomic E-state index is 0.0579. The molecule has 5 nitrogen and oxygen atoms in total. The van der Waals surface area contributed by atoms with Gasteiger partial charge in [0, 0.05) is 48.7 Å². The summed E-state index contributed by atoms with van der Waals surface area (Å²) in [5, 5.41) is 3.58. The molecule has 7 heteroatoms. The maximum absolute atomic E-state index is 13.5. The molecular formula is C24H27ClFN3O2. The van der Waals surface area contributed by atoms with Crippen LogP contribution < -0.4 is 5.32 Å². The number of likely N-dealkylation sites (N-methyl/N-ethyl adjacent to an activating group) is 1. The second kappa shape index (κ2) is 9.37. The van der Waals surface area contributed by atoms with Gasteiger partial charge in [0.1, 0.15) is 5.82 Å². The second-order valence-electron chi connectivity index (χ2n) is 8.55. The Hall–Kier alpha value is -2.44. The van der Waals surface area contributed by atoms with E-state index < -0.39 is 0 Å². The monoisotopic (exact) mass is 443 g/mol. The van der Waals surface area contributed by atoms with Crippen LogP contribution in [-0.2, 0) is 4.79 Å². The average Bonchev–Trinajstić information content (AvgIpc) is 3.18. The second-order valence-corrected chi connectivity index (χ2v) is 8.98. The fourth-order valence-corrected chi connectivity index (χ4v) is 4.86. The summed E-state index contributed by atoms with van der Waals surface area (Å²) in [6.07, 6.45) is 1.21. The average molecular weight is 444 g/mol. The molecule has 1 heterocycles. The zero-order valence-electron chi connectivity index (χ0n) is 17.6. The van der Waals surface area contributed by atoms with E-state index in [9.17, 15) is 14.0 Å². The minimum Gasteiger partial charge on any atom is -0.349 e. The summed E-state index contributed by atoms with van der Waals surface area (Å²) in [7, 11) is 2.06. The van der Waals surface area contributed by atoms with Crippen LogP contribution in [0.15, 0.2) is 48.5 Å². The van der Waals surface area contributed by atoms with Gasteiger partial charge in [-0.3, -0.25) is 9.59 Å². The third kappa shape index (κ3) is 5.08. The first-order valence-corrected chi connectivity index (χ1v) is 11.1. The maximum Gasteiger partial charge on any atom is 0.251 e.